The number of nitrogen functional groups attached to an aromatic ring is 2. The van der Waals surface area contributed by atoms with Crippen LogP contribution in [-0.4, -0.2) is 51.9 Å². The van der Waals surface area contributed by atoms with E-state index in [1.165, 1.54) is 0 Å². The number of halogens is 5. The Bertz CT molecular complexity index is 2920. The number of carbonyl (C=O) groups excluding carboxylic acids is 2. The van der Waals surface area contributed by atoms with Gasteiger partial charge in [-0.25, -0.2) is 17.6 Å². The highest BCUT2D eigenvalue weighted by atomic mass is 79.9. The summed E-state index contributed by atoms with van der Waals surface area (Å²) in [5, 5.41) is 1.64. The molecule has 3 aliphatic rings. The minimum absolute atomic E-state index is 0.155. The fraction of sp³-hybridized carbons (Fsp3) is 0.320. The van der Waals surface area contributed by atoms with Gasteiger partial charge in [0.25, 0.3) is 23.7 Å². The van der Waals surface area contributed by atoms with Crippen LogP contribution in [0.25, 0.3) is 44.1 Å². The van der Waals surface area contributed by atoms with Crippen molar-refractivity contribution in [3.63, 3.8) is 0 Å². The fourth-order valence-electron chi connectivity index (χ4n) is 8.32. The van der Waals surface area contributed by atoms with Crippen LogP contribution in [0.2, 0.25) is 0 Å². The van der Waals surface area contributed by atoms with Gasteiger partial charge >= 0.3 is 7.12 Å². The van der Waals surface area contributed by atoms with Crippen molar-refractivity contribution in [3.05, 3.63) is 123 Å². The zero-order valence-corrected chi connectivity index (χ0v) is 39.3. The minimum atomic E-state index is -2.66. The molecular formula is C50H54BBrF4N6O4. The van der Waals surface area contributed by atoms with Crippen LogP contribution in [0.4, 0.5) is 28.9 Å². The number of anilines is 2. The third-order valence-corrected chi connectivity index (χ3v) is 13.9. The maximum atomic E-state index is 13.5. The summed E-state index contributed by atoms with van der Waals surface area (Å²) in [5.41, 5.74) is 33.8. The molecule has 10 N–H and O–H groups in total. The van der Waals surface area contributed by atoms with Gasteiger partial charge in [0.2, 0.25) is 0 Å². The first-order valence-electron chi connectivity index (χ1n) is 21.7. The SMILES string of the molecule is Cc1c(N)cccc1-c1ccc(C(N)=O)c2[nH]c(C3=CCC(F)(F)CC3)cc12.Cc1c(N)cccc1B1OC(C)(C)C(C)(C)O1.NC(=O)c1ccc(Br)c2cc(C3=CCC(F)(F)CC3)[nH]c12. The van der Waals surface area contributed by atoms with Crippen LogP contribution in [-0.2, 0) is 9.31 Å². The molecule has 6 aromatic rings. The number of aromatic nitrogens is 2. The molecule has 0 spiro atoms. The predicted octanol–water partition coefficient (Wildman–Crippen LogP) is 11.1. The molecule has 16 heteroatoms. The van der Waals surface area contributed by atoms with E-state index in [-0.39, 0.29) is 50.4 Å². The van der Waals surface area contributed by atoms with E-state index in [0.29, 0.717) is 34.3 Å². The van der Waals surface area contributed by atoms with Gasteiger partial charge in [0, 0.05) is 63.7 Å². The third kappa shape index (κ3) is 9.81. The van der Waals surface area contributed by atoms with Gasteiger partial charge in [0.05, 0.1) is 33.4 Å². The van der Waals surface area contributed by atoms with Crippen LogP contribution in [0.5, 0.6) is 0 Å². The number of primary amides is 2. The highest BCUT2D eigenvalue weighted by molar-refractivity contribution is 9.10. The zero-order valence-electron chi connectivity index (χ0n) is 37.7. The maximum Gasteiger partial charge on any atom is 0.495 e. The Morgan fingerprint density at radius 2 is 1.12 bits per heavy atom. The predicted molar refractivity (Wildman–Crippen MR) is 261 cm³/mol. The molecule has 2 aliphatic carbocycles. The molecule has 0 saturated carbocycles. The Hall–Kier alpha value is -5.84. The number of rotatable bonds is 6. The summed E-state index contributed by atoms with van der Waals surface area (Å²) in [5.74, 6) is -6.34. The van der Waals surface area contributed by atoms with E-state index in [9.17, 15) is 27.2 Å². The van der Waals surface area contributed by atoms with Gasteiger partial charge in [-0.1, -0.05) is 58.4 Å². The van der Waals surface area contributed by atoms with E-state index in [2.05, 4.69) is 53.6 Å². The number of nitrogens with one attached hydrogen (secondary N) is 2. The maximum absolute atomic E-state index is 13.5. The van der Waals surface area contributed by atoms with Crippen LogP contribution in [0.1, 0.15) is 109 Å². The molecule has 2 aromatic heterocycles. The van der Waals surface area contributed by atoms with Crippen molar-refractivity contribution in [2.75, 3.05) is 11.5 Å². The monoisotopic (exact) mass is 968 g/mol. The van der Waals surface area contributed by atoms with Crippen LogP contribution in [0.3, 0.4) is 0 Å². The number of amides is 2. The van der Waals surface area contributed by atoms with Crippen molar-refractivity contribution in [3.8, 4) is 11.1 Å². The average Bonchev–Trinajstić information content (AvgIpc) is 3.94. The second-order valence-corrected chi connectivity index (χ2v) is 19.0. The molecule has 0 radical (unpaired) electrons. The summed E-state index contributed by atoms with van der Waals surface area (Å²) in [6.45, 7) is 12.1. The molecule has 9 rings (SSSR count). The number of hydrogen-bond donors (Lipinski definition) is 6. The zero-order chi connectivity index (χ0) is 48.1. The number of benzene rings is 4. The number of carbonyl (C=O) groups is 2. The normalized spacial score (nSPS) is 18.1. The van der Waals surface area contributed by atoms with Gasteiger partial charge in [-0.2, -0.15) is 0 Å². The molecule has 0 atom stereocenters. The lowest BCUT2D eigenvalue weighted by molar-refractivity contribution is -0.00670. The molecular weight excluding hydrogens is 915 g/mol. The van der Waals surface area contributed by atoms with Crippen LogP contribution in [0, 0.1) is 13.8 Å². The Balaban J connectivity index is 0.000000152. The van der Waals surface area contributed by atoms with Crippen LogP contribution >= 0.6 is 15.9 Å². The topological polar surface area (TPSA) is 188 Å². The van der Waals surface area contributed by atoms with Gasteiger partial charge in [-0.05, 0) is 136 Å². The average molecular weight is 970 g/mol. The van der Waals surface area contributed by atoms with Crippen molar-refractivity contribution in [1.29, 1.82) is 0 Å². The van der Waals surface area contributed by atoms with Crippen LogP contribution in [0.15, 0.2) is 89.4 Å². The number of aromatic amines is 2. The molecule has 1 fully saturated rings. The number of allylic oxidation sites excluding steroid dienone is 4. The Morgan fingerprint density at radius 3 is 1.62 bits per heavy atom. The van der Waals surface area contributed by atoms with Crippen LogP contribution < -0.4 is 28.4 Å². The van der Waals surface area contributed by atoms with Gasteiger partial charge in [-0.3, -0.25) is 9.59 Å². The van der Waals surface area contributed by atoms with Crippen molar-refractivity contribution < 1.29 is 36.5 Å². The first-order chi connectivity index (χ1) is 30.9. The molecule has 0 unspecified atom stereocenters. The van der Waals surface area contributed by atoms with E-state index < -0.39 is 23.7 Å². The first-order valence-corrected chi connectivity index (χ1v) is 22.4. The second-order valence-electron chi connectivity index (χ2n) is 18.2. The molecule has 2 amide bonds. The molecule has 10 nitrogen and oxygen atoms in total. The summed E-state index contributed by atoms with van der Waals surface area (Å²) in [4.78, 5) is 29.8. The van der Waals surface area contributed by atoms with E-state index >= 15 is 0 Å². The molecule has 0 bridgehead atoms. The Labute approximate surface area is 389 Å². The number of hydrogen-bond acceptors (Lipinski definition) is 6. The standard InChI is InChI=1S/C22H21F2N3O.C15H13BrF2N2O.C13H20BNO2/c1-12-14(3-2-4-18(12)25)15-5-6-16(21(26)28)20-17(15)11-19(27-20)13-7-9-22(23,24)10-8-13;16-11-2-1-9(14(19)21)13-10(11)7-12(20-13)8-3-5-15(17,18)6-4-8;1-9-10(7-6-8-11(9)15)14-16-12(2,3)13(4,5)17-14/h2-7,11,27H,8-10,25H2,1H3,(H2,26,28);1-3,7,20H,4-6H2,(H2,19,21);6-8H,15H2,1-5H3. The van der Waals surface area contributed by atoms with Crippen molar-refractivity contribution in [2.24, 2.45) is 11.5 Å². The summed E-state index contributed by atoms with van der Waals surface area (Å²) in [6, 6.07) is 22.2. The quantitative estimate of drug-likeness (QED) is 0.0547. The Kier molecular flexibility index (Phi) is 13.2. The number of alkyl halides is 4. The minimum Gasteiger partial charge on any atom is -0.399 e. The largest absolute Gasteiger partial charge is 0.495 e. The third-order valence-electron chi connectivity index (χ3n) is 13.2. The number of nitrogens with two attached hydrogens (primary N) is 4. The summed E-state index contributed by atoms with van der Waals surface area (Å²) >= 11 is 3.42. The van der Waals surface area contributed by atoms with E-state index in [4.69, 9.17) is 32.2 Å². The molecule has 66 heavy (non-hydrogen) atoms. The smallest absolute Gasteiger partial charge is 0.399 e. The molecule has 4 aromatic carbocycles. The van der Waals surface area contributed by atoms with E-state index in [0.717, 1.165) is 71.2 Å². The summed E-state index contributed by atoms with van der Waals surface area (Å²) < 4.78 is 66.3. The van der Waals surface area contributed by atoms with Gasteiger partial charge in [-0.15, -0.1) is 0 Å². The van der Waals surface area contributed by atoms with Crippen molar-refractivity contribution >= 4 is 84.7 Å². The summed E-state index contributed by atoms with van der Waals surface area (Å²) in [7, 11) is -0.330. The lowest BCUT2D eigenvalue weighted by Gasteiger charge is -2.32. The first kappa shape index (κ1) is 48.1. The van der Waals surface area contributed by atoms with E-state index in [1.807, 2.05) is 68.4 Å². The highest BCUT2D eigenvalue weighted by Crippen LogP contribution is 2.42. The van der Waals surface area contributed by atoms with Gasteiger partial charge in [0.15, 0.2) is 0 Å². The number of fused-ring (bicyclic) bond motifs is 2. The van der Waals surface area contributed by atoms with Gasteiger partial charge < -0.3 is 42.2 Å². The molecule has 3 heterocycles. The Morgan fingerprint density at radius 1 is 0.652 bits per heavy atom. The molecule has 1 aliphatic heterocycles. The van der Waals surface area contributed by atoms with Crippen molar-refractivity contribution in [1.82, 2.24) is 9.97 Å². The fourth-order valence-corrected chi connectivity index (χ4v) is 8.76. The van der Waals surface area contributed by atoms with Crippen molar-refractivity contribution in [2.45, 2.75) is 103 Å². The van der Waals surface area contributed by atoms with E-state index in [1.54, 1.807) is 30.4 Å². The lowest BCUT2D eigenvalue weighted by Crippen LogP contribution is -2.41. The second kappa shape index (κ2) is 18.1. The summed E-state index contributed by atoms with van der Waals surface area (Å²) in [6.07, 6.45) is 2.86. The van der Waals surface area contributed by atoms with Gasteiger partial charge in [0.1, 0.15) is 0 Å². The lowest BCUT2D eigenvalue weighted by atomic mass is 9.76. The number of H-pyrrole nitrogens is 2. The molecule has 346 valence electrons. The highest BCUT2D eigenvalue weighted by Gasteiger charge is 2.52. The molecule has 1 saturated heterocycles.